The molecule has 1 rings (SSSR count). The molecule has 0 aliphatic carbocycles. The van der Waals surface area contributed by atoms with Crippen LogP contribution < -0.4 is 5.73 Å². The Hall–Kier alpha value is -1.26. The van der Waals surface area contributed by atoms with Gasteiger partial charge in [0.25, 0.3) is 0 Å². The van der Waals surface area contributed by atoms with Gasteiger partial charge in [-0.2, -0.15) is 0 Å². The number of nitrogens with two attached hydrogens (primary N) is 1. The quantitative estimate of drug-likeness (QED) is 0.314. The summed E-state index contributed by atoms with van der Waals surface area (Å²) in [4.78, 5) is 13.5. The Morgan fingerprint density at radius 2 is 2.40 bits per heavy atom. The van der Waals surface area contributed by atoms with E-state index in [0.717, 1.165) is 25.9 Å². The second-order valence-electron chi connectivity index (χ2n) is 4.02. The van der Waals surface area contributed by atoms with Gasteiger partial charge in [0.2, 0.25) is 5.91 Å². The molecule has 0 spiro atoms. The maximum absolute atomic E-state index is 11.7. The van der Waals surface area contributed by atoms with E-state index in [0.29, 0.717) is 5.92 Å². The highest BCUT2D eigenvalue weighted by molar-refractivity contribution is 5.98. The summed E-state index contributed by atoms with van der Waals surface area (Å²) in [6, 6.07) is 0. The zero-order valence-corrected chi connectivity index (χ0v) is 9.15. The van der Waals surface area contributed by atoms with Gasteiger partial charge in [-0.3, -0.25) is 4.79 Å². The Bertz CT molecular complexity index is 253. The molecule has 1 fully saturated rings. The molecule has 0 aromatic heterocycles. The SMILES string of the molecule is CCC1CCCN(C(=O)C/C(N)=N/O)C1. The third kappa shape index (κ3) is 3.42. The van der Waals surface area contributed by atoms with Gasteiger partial charge in [0, 0.05) is 13.1 Å². The van der Waals surface area contributed by atoms with Crippen molar-refractivity contribution in [3.8, 4) is 0 Å². The van der Waals surface area contributed by atoms with Crippen LogP contribution in [0, 0.1) is 5.92 Å². The third-order valence-electron chi connectivity index (χ3n) is 2.91. The third-order valence-corrected chi connectivity index (χ3v) is 2.91. The molecule has 1 aliphatic heterocycles. The Balaban J connectivity index is 2.45. The number of rotatable bonds is 3. The topological polar surface area (TPSA) is 78.9 Å². The second-order valence-corrected chi connectivity index (χ2v) is 4.02. The lowest BCUT2D eigenvalue weighted by Gasteiger charge is -2.32. The molecule has 86 valence electrons. The molecule has 0 radical (unpaired) electrons. The summed E-state index contributed by atoms with van der Waals surface area (Å²) < 4.78 is 0. The van der Waals surface area contributed by atoms with E-state index in [-0.39, 0.29) is 18.2 Å². The highest BCUT2D eigenvalue weighted by atomic mass is 16.4. The Morgan fingerprint density at radius 3 is 3.00 bits per heavy atom. The number of amidine groups is 1. The fraction of sp³-hybridized carbons (Fsp3) is 0.800. The van der Waals surface area contributed by atoms with Crippen LogP contribution in [0.1, 0.15) is 32.6 Å². The number of piperidine rings is 1. The van der Waals surface area contributed by atoms with Gasteiger partial charge < -0.3 is 15.8 Å². The summed E-state index contributed by atoms with van der Waals surface area (Å²) >= 11 is 0. The predicted octanol–water partition coefficient (Wildman–Crippen LogP) is 0.772. The summed E-state index contributed by atoms with van der Waals surface area (Å²) in [6.07, 6.45) is 3.38. The number of likely N-dealkylation sites (tertiary alicyclic amines) is 1. The lowest BCUT2D eigenvalue weighted by Crippen LogP contribution is -2.41. The van der Waals surface area contributed by atoms with Crippen LogP contribution >= 0.6 is 0 Å². The van der Waals surface area contributed by atoms with Gasteiger partial charge in [0.05, 0.1) is 6.42 Å². The summed E-state index contributed by atoms with van der Waals surface area (Å²) in [7, 11) is 0. The van der Waals surface area contributed by atoms with Gasteiger partial charge in [-0.15, -0.1) is 0 Å². The first-order chi connectivity index (χ1) is 7.17. The maximum atomic E-state index is 11.7. The van der Waals surface area contributed by atoms with Crippen LogP contribution in [0.4, 0.5) is 0 Å². The molecule has 3 N–H and O–H groups in total. The molecule has 1 aliphatic rings. The fourth-order valence-corrected chi connectivity index (χ4v) is 1.93. The van der Waals surface area contributed by atoms with E-state index in [2.05, 4.69) is 12.1 Å². The average Bonchev–Trinajstić information content (AvgIpc) is 2.28. The molecule has 1 atom stereocenters. The minimum atomic E-state index is -0.0385. The van der Waals surface area contributed by atoms with Crippen molar-refractivity contribution in [1.82, 2.24) is 4.90 Å². The molecule has 0 bridgehead atoms. The molecule has 5 nitrogen and oxygen atoms in total. The van der Waals surface area contributed by atoms with Crippen molar-refractivity contribution in [1.29, 1.82) is 0 Å². The first-order valence-electron chi connectivity index (χ1n) is 5.41. The van der Waals surface area contributed by atoms with Crippen molar-refractivity contribution in [2.24, 2.45) is 16.8 Å². The number of carbonyl (C=O) groups is 1. The highest BCUT2D eigenvalue weighted by Gasteiger charge is 2.22. The summed E-state index contributed by atoms with van der Waals surface area (Å²) in [5.41, 5.74) is 5.30. The van der Waals surface area contributed by atoms with Gasteiger partial charge >= 0.3 is 0 Å². The molecule has 0 aromatic carbocycles. The smallest absolute Gasteiger partial charge is 0.230 e. The largest absolute Gasteiger partial charge is 0.409 e. The van der Waals surface area contributed by atoms with E-state index in [4.69, 9.17) is 10.9 Å². The van der Waals surface area contributed by atoms with Crippen LogP contribution in [0.15, 0.2) is 5.16 Å². The van der Waals surface area contributed by atoms with Crippen molar-refractivity contribution >= 4 is 11.7 Å². The number of nitrogens with zero attached hydrogens (tertiary/aromatic N) is 2. The maximum Gasteiger partial charge on any atom is 0.230 e. The first-order valence-corrected chi connectivity index (χ1v) is 5.41. The molecule has 1 heterocycles. The zero-order chi connectivity index (χ0) is 11.3. The number of amides is 1. The number of carbonyl (C=O) groups excluding carboxylic acids is 1. The molecular formula is C10H19N3O2. The normalized spacial score (nSPS) is 22.9. The van der Waals surface area contributed by atoms with Crippen molar-refractivity contribution < 1.29 is 10.0 Å². The standard InChI is InChI=1S/C10H19N3O2/c1-2-8-4-3-5-13(7-8)10(14)6-9(11)12-15/h8,15H,2-7H2,1H3,(H2,11,12). The van der Waals surface area contributed by atoms with Crippen LogP contribution in [0.2, 0.25) is 0 Å². The van der Waals surface area contributed by atoms with Gasteiger partial charge in [0.1, 0.15) is 5.84 Å². The molecule has 0 aromatic rings. The summed E-state index contributed by atoms with van der Waals surface area (Å²) in [5, 5.41) is 11.2. The van der Waals surface area contributed by atoms with Crippen LogP contribution in [0.5, 0.6) is 0 Å². The zero-order valence-electron chi connectivity index (χ0n) is 9.15. The van der Waals surface area contributed by atoms with E-state index in [1.807, 2.05) is 4.90 Å². The molecule has 0 saturated carbocycles. The van der Waals surface area contributed by atoms with E-state index >= 15 is 0 Å². The minimum absolute atomic E-state index is 0.0152. The van der Waals surface area contributed by atoms with Crippen LogP contribution in [-0.2, 0) is 4.79 Å². The number of hydrogen-bond acceptors (Lipinski definition) is 3. The van der Waals surface area contributed by atoms with E-state index in [9.17, 15) is 4.79 Å². The van der Waals surface area contributed by atoms with Crippen molar-refractivity contribution in [3.05, 3.63) is 0 Å². The van der Waals surface area contributed by atoms with Gasteiger partial charge in [-0.1, -0.05) is 18.5 Å². The Kier molecular flexibility index (Phi) is 4.39. The second kappa shape index (κ2) is 5.58. The van der Waals surface area contributed by atoms with Crippen LogP contribution in [0.3, 0.4) is 0 Å². The molecular weight excluding hydrogens is 194 g/mol. The number of hydrogen-bond donors (Lipinski definition) is 2. The van der Waals surface area contributed by atoms with E-state index in [1.54, 1.807) is 0 Å². The Labute approximate surface area is 89.9 Å². The van der Waals surface area contributed by atoms with Crippen LogP contribution in [-0.4, -0.2) is 34.9 Å². The molecule has 15 heavy (non-hydrogen) atoms. The molecule has 1 unspecified atom stereocenters. The summed E-state index contributed by atoms with van der Waals surface area (Å²) in [6.45, 7) is 3.75. The lowest BCUT2D eigenvalue weighted by molar-refractivity contribution is -0.131. The monoisotopic (exact) mass is 213 g/mol. The Morgan fingerprint density at radius 1 is 1.67 bits per heavy atom. The predicted molar refractivity (Wildman–Crippen MR) is 57.6 cm³/mol. The van der Waals surface area contributed by atoms with E-state index < -0.39 is 0 Å². The van der Waals surface area contributed by atoms with E-state index in [1.165, 1.54) is 6.42 Å². The van der Waals surface area contributed by atoms with Crippen molar-refractivity contribution in [2.75, 3.05) is 13.1 Å². The molecule has 5 heteroatoms. The highest BCUT2D eigenvalue weighted by Crippen LogP contribution is 2.19. The average molecular weight is 213 g/mol. The van der Waals surface area contributed by atoms with Crippen molar-refractivity contribution in [2.45, 2.75) is 32.6 Å². The summed E-state index contributed by atoms with van der Waals surface area (Å²) in [5.74, 6) is 0.553. The van der Waals surface area contributed by atoms with Gasteiger partial charge in [-0.05, 0) is 18.8 Å². The first kappa shape index (κ1) is 11.8. The minimum Gasteiger partial charge on any atom is -0.409 e. The van der Waals surface area contributed by atoms with Crippen LogP contribution in [0.25, 0.3) is 0 Å². The van der Waals surface area contributed by atoms with Crippen molar-refractivity contribution in [3.63, 3.8) is 0 Å². The molecule has 1 saturated heterocycles. The van der Waals surface area contributed by atoms with Gasteiger partial charge in [-0.25, -0.2) is 0 Å². The molecule has 1 amide bonds. The van der Waals surface area contributed by atoms with Gasteiger partial charge in [0.15, 0.2) is 0 Å². The lowest BCUT2D eigenvalue weighted by atomic mass is 9.95. The fourth-order valence-electron chi connectivity index (χ4n) is 1.93. The number of oxime groups is 1.